The van der Waals surface area contributed by atoms with Crippen LogP contribution in [0, 0.1) is 5.82 Å². The van der Waals surface area contributed by atoms with Gasteiger partial charge in [0.25, 0.3) is 0 Å². The Morgan fingerprint density at radius 1 is 1.10 bits per heavy atom. The lowest BCUT2D eigenvalue weighted by molar-refractivity contribution is -0.208. The monoisotopic (exact) mass is 292 g/mol. The van der Waals surface area contributed by atoms with E-state index in [0.717, 1.165) is 0 Å². The first-order valence-corrected chi connectivity index (χ1v) is 6.34. The molecule has 7 heteroatoms. The van der Waals surface area contributed by atoms with Crippen molar-refractivity contribution >= 4 is 5.69 Å². The molecule has 20 heavy (non-hydrogen) atoms. The maximum Gasteiger partial charge on any atom is 0.415 e. The van der Waals surface area contributed by atoms with E-state index < -0.39 is 18.8 Å². The normalized spacial score (nSPS) is 19.1. The average Bonchev–Trinajstić information content (AvgIpc) is 2.39. The van der Waals surface area contributed by atoms with Gasteiger partial charge in [0.05, 0.1) is 5.69 Å². The molecule has 1 heterocycles. The van der Waals surface area contributed by atoms with Gasteiger partial charge in [-0.1, -0.05) is 12.1 Å². The quantitative estimate of drug-likeness (QED) is 0.862. The van der Waals surface area contributed by atoms with E-state index in [1.54, 1.807) is 23.1 Å². The van der Waals surface area contributed by atoms with E-state index in [1.165, 1.54) is 11.0 Å². The number of rotatable bonds is 3. The second-order valence-electron chi connectivity index (χ2n) is 4.80. The van der Waals surface area contributed by atoms with Crippen molar-refractivity contribution in [1.29, 1.82) is 0 Å². The van der Waals surface area contributed by atoms with Crippen molar-refractivity contribution in [3.05, 3.63) is 30.1 Å². The lowest BCUT2D eigenvalue weighted by atomic mass is 10.2. The molecule has 0 unspecified atom stereocenters. The zero-order valence-corrected chi connectivity index (χ0v) is 10.8. The number of β-amino-alcohol motifs (C(OH)–C–C–N with tert-alkyl or cyclic N) is 1. The predicted octanol–water partition coefficient (Wildman–Crippen LogP) is 1.87. The van der Waals surface area contributed by atoms with Gasteiger partial charge in [-0.05, 0) is 12.1 Å². The molecule has 1 atom stereocenters. The molecule has 1 aromatic carbocycles. The number of alkyl halides is 3. The van der Waals surface area contributed by atoms with Gasteiger partial charge in [0.1, 0.15) is 5.82 Å². The molecule has 1 N–H and O–H groups in total. The summed E-state index contributed by atoms with van der Waals surface area (Å²) >= 11 is 0. The fraction of sp³-hybridized carbons (Fsp3) is 0.538. The summed E-state index contributed by atoms with van der Waals surface area (Å²) in [7, 11) is 0. The number of halogens is 4. The van der Waals surface area contributed by atoms with Gasteiger partial charge in [0.15, 0.2) is 6.10 Å². The fourth-order valence-corrected chi connectivity index (χ4v) is 2.23. The van der Waals surface area contributed by atoms with Crippen molar-refractivity contribution in [2.75, 3.05) is 37.6 Å². The molecular weight excluding hydrogens is 276 g/mol. The number of anilines is 1. The van der Waals surface area contributed by atoms with Gasteiger partial charge >= 0.3 is 6.18 Å². The minimum Gasteiger partial charge on any atom is -0.382 e. The van der Waals surface area contributed by atoms with E-state index in [9.17, 15) is 17.6 Å². The molecule has 0 radical (unpaired) electrons. The van der Waals surface area contributed by atoms with Gasteiger partial charge in [0.2, 0.25) is 0 Å². The van der Waals surface area contributed by atoms with Crippen LogP contribution in [0.25, 0.3) is 0 Å². The maximum absolute atomic E-state index is 13.6. The zero-order chi connectivity index (χ0) is 14.8. The van der Waals surface area contributed by atoms with Crippen LogP contribution in [0.3, 0.4) is 0 Å². The minimum atomic E-state index is -4.59. The summed E-state index contributed by atoms with van der Waals surface area (Å²) in [5, 5.41) is 9.02. The number of hydrogen-bond donors (Lipinski definition) is 1. The molecule has 0 spiro atoms. The molecule has 0 bridgehead atoms. The van der Waals surface area contributed by atoms with Crippen molar-refractivity contribution in [3.63, 3.8) is 0 Å². The zero-order valence-electron chi connectivity index (χ0n) is 10.8. The van der Waals surface area contributed by atoms with Crippen molar-refractivity contribution in [3.8, 4) is 0 Å². The van der Waals surface area contributed by atoms with Crippen LogP contribution in [0.4, 0.5) is 23.2 Å². The number of hydrogen-bond acceptors (Lipinski definition) is 3. The third kappa shape index (κ3) is 3.61. The van der Waals surface area contributed by atoms with Gasteiger partial charge in [-0.25, -0.2) is 4.39 Å². The van der Waals surface area contributed by atoms with E-state index in [1.807, 2.05) is 0 Å². The highest BCUT2D eigenvalue weighted by molar-refractivity contribution is 5.47. The van der Waals surface area contributed by atoms with Crippen LogP contribution in [-0.4, -0.2) is 55.0 Å². The molecule has 0 aliphatic carbocycles. The Balaban J connectivity index is 1.88. The highest BCUT2D eigenvalue weighted by Crippen LogP contribution is 2.23. The standard InChI is InChI=1S/C13H16F4N2O/c14-10-3-1-2-4-11(10)19-7-5-18(6-8-19)9-12(20)13(15,16)17/h1-4,12,20H,5-9H2/t12-/m0/s1. The fourth-order valence-electron chi connectivity index (χ4n) is 2.23. The molecule has 1 aromatic rings. The van der Waals surface area contributed by atoms with Gasteiger partial charge in [-0.3, -0.25) is 4.90 Å². The summed E-state index contributed by atoms with van der Waals surface area (Å²) in [5.41, 5.74) is 0.462. The van der Waals surface area contributed by atoms with Gasteiger partial charge in [0, 0.05) is 32.7 Å². The SMILES string of the molecule is O[C@@H](CN1CCN(c2ccccc2F)CC1)C(F)(F)F. The summed E-state index contributed by atoms with van der Waals surface area (Å²) in [6, 6.07) is 6.32. The summed E-state index contributed by atoms with van der Waals surface area (Å²) in [6.45, 7) is 1.16. The van der Waals surface area contributed by atoms with Crippen molar-refractivity contribution in [1.82, 2.24) is 4.90 Å². The van der Waals surface area contributed by atoms with Crippen LogP contribution >= 0.6 is 0 Å². The molecule has 112 valence electrons. The molecule has 2 rings (SSSR count). The van der Waals surface area contributed by atoms with E-state index >= 15 is 0 Å². The topological polar surface area (TPSA) is 26.7 Å². The summed E-state index contributed by atoms with van der Waals surface area (Å²) in [5.74, 6) is -0.337. The first kappa shape index (κ1) is 15.1. The minimum absolute atomic E-state index is 0.337. The van der Waals surface area contributed by atoms with E-state index in [2.05, 4.69) is 0 Å². The summed E-state index contributed by atoms with van der Waals surface area (Å²) in [4.78, 5) is 3.33. The van der Waals surface area contributed by atoms with Crippen molar-refractivity contribution in [2.24, 2.45) is 0 Å². The molecule has 0 amide bonds. The Bertz CT molecular complexity index is 444. The number of benzene rings is 1. The van der Waals surface area contributed by atoms with Crippen LogP contribution in [0.5, 0.6) is 0 Å². The Morgan fingerprint density at radius 3 is 2.25 bits per heavy atom. The molecule has 0 aromatic heterocycles. The number of piperazine rings is 1. The number of aliphatic hydroxyl groups excluding tert-OH is 1. The lowest BCUT2D eigenvalue weighted by Crippen LogP contribution is -2.51. The molecule has 0 saturated carbocycles. The molecule has 1 aliphatic rings. The highest BCUT2D eigenvalue weighted by atomic mass is 19.4. The largest absolute Gasteiger partial charge is 0.415 e. The van der Waals surface area contributed by atoms with E-state index in [0.29, 0.717) is 31.9 Å². The predicted molar refractivity (Wildman–Crippen MR) is 67.1 cm³/mol. The van der Waals surface area contributed by atoms with E-state index in [-0.39, 0.29) is 5.82 Å². The average molecular weight is 292 g/mol. The number of aliphatic hydroxyl groups is 1. The molecule has 1 saturated heterocycles. The smallest absolute Gasteiger partial charge is 0.382 e. The second-order valence-corrected chi connectivity index (χ2v) is 4.80. The first-order valence-electron chi connectivity index (χ1n) is 6.34. The van der Waals surface area contributed by atoms with Gasteiger partial charge < -0.3 is 10.0 Å². The maximum atomic E-state index is 13.6. The second kappa shape index (κ2) is 5.97. The van der Waals surface area contributed by atoms with E-state index in [4.69, 9.17) is 5.11 Å². The van der Waals surface area contributed by atoms with Gasteiger partial charge in [-0.15, -0.1) is 0 Å². The third-order valence-electron chi connectivity index (χ3n) is 3.37. The number of nitrogens with zero attached hydrogens (tertiary/aromatic N) is 2. The van der Waals surface area contributed by atoms with Crippen molar-refractivity contribution in [2.45, 2.75) is 12.3 Å². The Kier molecular flexibility index (Phi) is 4.49. The molecule has 1 aliphatic heterocycles. The first-order chi connectivity index (χ1) is 9.38. The summed E-state index contributed by atoms with van der Waals surface area (Å²) < 4.78 is 50.4. The van der Waals surface area contributed by atoms with Crippen LogP contribution < -0.4 is 4.90 Å². The summed E-state index contributed by atoms with van der Waals surface area (Å²) in [6.07, 6.45) is -6.93. The van der Waals surface area contributed by atoms with Crippen LogP contribution in [0.15, 0.2) is 24.3 Å². The Hall–Kier alpha value is -1.34. The van der Waals surface area contributed by atoms with Gasteiger partial charge in [-0.2, -0.15) is 13.2 Å². The van der Waals surface area contributed by atoms with Crippen LogP contribution in [0.1, 0.15) is 0 Å². The molecule has 1 fully saturated rings. The van der Waals surface area contributed by atoms with Crippen molar-refractivity contribution < 1.29 is 22.7 Å². The highest BCUT2D eigenvalue weighted by Gasteiger charge is 2.39. The van der Waals surface area contributed by atoms with Crippen LogP contribution in [0.2, 0.25) is 0 Å². The lowest BCUT2D eigenvalue weighted by Gasteiger charge is -2.37. The molecular formula is C13H16F4N2O. The third-order valence-corrected chi connectivity index (χ3v) is 3.37. The Labute approximate surface area is 114 Å². The Morgan fingerprint density at radius 2 is 1.70 bits per heavy atom. The molecule has 3 nitrogen and oxygen atoms in total. The number of para-hydroxylation sites is 1. The van der Waals surface area contributed by atoms with Crippen LogP contribution in [-0.2, 0) is 0 Å².